The van der Waals surface area contributed by atoms with Crippen LogP contribution >= 0.6 is 0 Å². The summed E-state index contributed by atoms with van der Waals surface area (Å²) in [5.41, 5.74) is 4.08. The Kier molecular flexibility index (Phi) is 3.23. The van der Waals surface area contributed by atoms with Crippen molar-refractivity contribution in [2.75, 3.05) is 26.2 Å². The number of aromatic nitrogens is 2. The third kappa shape index (κ3) is 2.47. The van der Waals surface area contributed by atoms with Crippen molar-refractivity contribution in [3.63, 3.8) is 0 Å². The van der Waals surface area contributed by atoms with Crippen molar-refractivity contribution in [1.29, 1.82) is 0 Å². The van der Waals surface area contributed by atoms with Crippen molar-refractivity contribution < 1.29 is 0 Å². The minimum Gasteiger partial charge on any atom is -0.316 e. The van der Waals surface area contributed by atoms with Crippen LogP contribution in [0.1, 0.15) is 30.5 Å². The molecule has 21 heavy (non-hydrogen) atoms. The van der Waals surface area contributed by atoms with E-state index in [0.717, 1.165) is 12.2 Å². The summed E-state index contributed by atoms with van der Waals surface area (Å²) in [6, 6.07) is 4.22. The fraction of sp³-hybridized carbons (Fsp3) is 0.588. The van der Waals surface area contributed by atoms with Crippen molar-refractivity contribution >= 4 is 5.65 Å². The van der Waals surface area contributed by atoms with Crippen molar-refractivity contribution in [2.24, 2.45) is 5.41 Å². The Morgan fingerprint density at radius 2 is 2.33 bits per heavy atom. The molecule has 4 heterocycles. The second-order valence-corrected chi connectivity index (χ2v) is 6.90. The Balaban J connectivity index is 1.53. The Morgan fingerprint density at radius 1 is 1.38 bits per heavy atom. The molecule has 2 aromatic heterocycles. The van der Waals surface area contributed by atoms with E-state index in [4.69, 9.17) is 4.98 Å². The highest BCUT2D eigenvalue weighted by Gasteiger charge is 2.37. The number of pyridine rings is 1. The molecular formula is C17H24N4. The molecule has 112 valence electrons. The fourth-order valence-electron chi connectivity index (χ4n) is 4.10. The molecule has 2 aliphatic rings. The first-order valence-corrected chi connectivity index (χ1v) is 8.10. The molecule has 0 radical (unpaired) electrons. The molecule has 2 aliphatic heterocycles. The quantitative estimate of drug-likeness (QED) is 0.918. The highest BCUT2D eigenvalue weighted by Crippen LogP contribution is 2.35. The molecule has 0 aromatic carbocycles. The molecule has 1 atom stereocenters. The van der Waals surface area contributed by atoms with Gasteiger partial charge in [-0.1, -0.05) is 6.07 Å². The van der Waals surface area contributed by atoms with Crippen LogP contribution in [0.2, 0.25) is 0 Å². The van der Waals surface area contributed by atoms with E-state index in [1.165, 1.54) is 56.7 Å². The van der Waals surface area contributed by atoms with Gasteiger partial charge >= 0.3 is 0 Å². The molecule has 0 aliphatic carbocycles. The van der Waals surface area contributed by atoms with Gasteiger partial charge in [-0.3, -0.25) is 4.90 Å². The smallest absolute Gasteiger partial charge is 0.139 e. The van der Waals surface area contributed by atoms with Gasteiger partial charge in [-0.2, -0.15) is 0 Å². The molecular weight excluding hydrogens is 260 g/mol. The zero-order chi connectivity index (χ0) is 14.3. The predicted molar refractivity (Wildman–Crippen MR) is 84.4 cm³/mol. The van der Waals surface area contributed by atoms with Crippen molar-refractivity contribution in [2.45, 2.75) is 32.7 Å². The second-order valence-electron chi connectivity index (χ2n) is 6.90. The molecule has 0 amide bonds. The maximum Gasteiger partial charge on any atom is 0.139 e. The van der Waals surface area contributed by atoms with Crippen LogP contribution in [0, 0.1) is 12.3 Å². The number of hydrogen-bond donors (Lipinski definition) is 1. The van der Waals surface area contributed by atoms with Crippen LogP contribution in [0.25, 0.3) is 5.65 Å². The van der Waals surface area contributed by atoms with Gasteiger partial charge in [-0.15, -0.1) is 0 Å². The third-order valence-electron chi connectivity index (χ3n) is 5.19. The first-order valence-electron chi connectivity index (χ1n) is 8.10. The maximum atomic E-state index is 4.83. The van der Waals surface area contributed by atoms with Gasteiger partial charge in [-0.25, -0.2) is 4.98 Å². The molecule has 2 fully saturated rings. The van der Waals surface area contributed by atoms with Crippen molar-refractivity contribution in [3.05, 3.63) is 35.8 Å². The van der Waals surface area contributed by atoms with Gasteiger partial charge in [0.1, 0.15) is 5.65 Å². The van der Waals surface area contributed by atoms with Gasteiger partial charge in [0.15, 0.2) is 0 Å². The number of hydrogen-bond acceptors (Lipinski definition) is 3. The van der Waals surface area contributed by atoms with E-state index in [1.807, 2.05) is 0 Å². The lowest BCUT2D eigenvalue weighted by Crippen LogP contribution is -2.44. The fourth-order valence-corrected chi connectivity index (χ4v) is 4.10. The van der Waals surface area contributed by atoms with E-state index in [2.05, 4.69) is 46.1 Å². The molecule has 4 heteroatoms. The number of aryl methyl sites for hydroxylation is 1. The van der Waals surface area contributed by atoms with E-state index < -0.39 is 0 Å². The Bertz CT molecular complexity index is 639. The first-order chi connectivity index (χ1) is 10.2. The number of piperidine rings is 1. The van der Waals surface area contributed by atoms with Crippen LogP contribution < -0.4 is 5.32 Å². The summed E-state index contributed by atoms with van der Waals surface area (Å²) >= 11 is 0. The van der Waals surface area contributed by atoms with E-state index in [9.17, 15) is 0 Å². The van der Waals surface area contributed by atoms with Crippen molar-refractivity contribution in [3.8, 4) is 0 Å². The summed E-state index contributed by atoms with van der Waals surface area (Å²) in [4.78, 5) is 7.43. The molecule has 0 saturated carbocycles. The summed E-state index contributed by atoms with van der Waals surface area (Å²) < 4.78 is 2.15. The zero-order valence-corrected chi connectivity index (χ0v) is 12.8. The highest BCUT2D eigenvalue weighted by atomic mass is 15.2. The van der Waals surface area contributed by atoms with Crippen molar-refractivity contribution in [1.82, 2.24) is 19.6 Å². The Morgan fingerprint density at radius 3 is 3.14 bits per heavy atom. The van der Waals surface area contributed by atoms with Crippen LogP contribution in [0.5, 0.6) is 0 Å². The number of nitrogens with one attached hydrogen (secondary N) is 1. The Labute approximate surface area is 126 Å². The van der Waals surface area contributed by atoms with Crippen LogP contribution in [-0.2, 0) is 6.54 Å². The minimum absolute atomic E-state index is 0.535. The van der Waals surface area contributed by atoms with Crippen LogP contribution in [0.4, 0.5) is 0 Å². The van der Waals surface area contributed by atoms with Gasteiger partial charge in [0.25, 0.3) is 0 Å². The van der Waals surface area contributed by atoms with Gasteiger partial charge in [-0.05, 0) is 56.3 Å². The summed E-state index contributed by atoms with van der Waals surface area (Å²) in [5.74, 6) is 0. The molecule has 4 rings (SSSR count). The third-order valence-corrected chi connectivity index (χ3v) is 5.19. The lowest BCUT2D eigenvalue weighted by atomic mass is 9.79. The average Bonchev–Trinajstić information content (AvgIpc) is 3.07. The molecule has 4 nitrogen and oxygen atoms in total. The highest BCUT2D eigenvalue weighted by molar-refractivity contribution is 5.47. The summed E-state index contributed by atoms with van der Waals surface area (Å²) in [6.45, 7) is 7.96. The van der Waals surface area contributed by atoms with Gasteiger partial charge < -0.3 is 9.72 Å². The molecule has 2 saturated heterocycles. The summed E-state index contributed by atoms with van der Waals surface area (Å²) in [5, 5.41) is 3.55. The number of fused-ring (bicyclic) bond motifs is 1. The lowest BCUT2D eigenvalue weighted by Gasteiger charge is -2.39. The number of imidazole rings is 1. The monoisotopic (exact) mass is 284 g/mol. The first kappa shape index (κ1) is 13.3. The largest absolute Gasteiger partial charge is 0.316 e. The van der Waals surface area contributed by atoms with Gasteiger partial charge in [0.2, 0.25) is 0 Å². The topological polar surface area (TPSA) is 32.6 Å². The Hall–Kier alpha value is -1.39. The van der Waals surface area contributed by atoms with E-state index >= 15 is 0 Å². The standard InChI is InChI=1S/C17H24N4/c1-14-4-2-9-21-11-15(19-16(14)21)10-20-8-3-5-17(13-20)6-7-18-12-17/h2,4,9,11,18H,3,5-8,10,12-13H2,1H3. The van der Waals surface area contributed by atoms with Crippen LogP contribution in [-0.4, -0.2) is 40.5 Å². The minimum atomic E-state index is 0.535. The normalized spacial score (nSPS) is 26.9. The SMILES string of the molecule is Cc1cccn2cc(CN3CCCC4(CCNC4)C3)nc12. The number of rotatable bonds is 2. The molecule has 2 aromatic rings. The lowest BCUT2D eigenvalue weighted by molar-refractivity contribution is 0.0969. The predicted octanol–water partition coefficient (Wildman–Crippen LogP) is 2.22. The molecule has 1 unspecified atom stereocenters. The van der Waals surface area contributed by atoms with Crippen LogP contribution in [0.3, 0.4) is 0 Å². The van der Waals surface area contributed by atoms with Crippen LogP contribution in [0.15, 0.2) is 24.5 Å². The number of nitrogens with zero attached hydrogens (tertiary/aromatic N) is 3. The number of likely N-dealkylation sites (tertiary alicyclic amines) is 1. The maximum absolute atomic E-state index is 4.83. The summed E-state index contributed by atoms with van der Waals surface area (Å²) in [7, 11) is 0. The summed E-state index contributed by atoms with van der Waals surface area (Å²) in [6.07, 6.45) is 8.34. The molecule has 1 spiro atoms. The van der Waals surface area contributed by atoms with E-state index in [1.54, 1.807) is 0 Å². The van der Waals surface area contributed by atoms with Gasteiger partial charge in [0.05, 0.1) is 5.69 Å². The molecule has 1 N–H and O–H groups in total. The zero-order valence-electron chi connectivity index (χ0n) is 12.8. The second kappa shape index (κ2) is 5.11. The van der Waals surface area contributed by atoms with E-state index in [-0.39, 0.29) is 0 Å². The average molecular weight is 284 g/mol. The van der Waals surface area contributed by atoms with Gasteiger partial charge in [0, 0.05) is 32.0 Å². The molecule has 0 bridgehead atoms. The van der Waals surface area contributed by atoms with E-state index in [0.29, 0.717) is 5.41 Å².